The molecule has 6 nitrogen and oxygen atoms in total. The van der Waals surface area contributed by atoms with E-state index in [-0.39, 0.29) is 6.42 Å². The average Bonchev–Trinajstić information content (AvgIpc) is 2.62. The van der Waals surface area contributed by atoms with Gasteiger partial charge in [-0.2, -0.15) is 0 Å². The predicted molar refractivity (Wildman–Crippen MR) is 68.3 cm³/mol. The molecule has 7 heteroatoms. The highest BCUT2D eigenvalue weighted by molar-refractivity contribution is 7.09. The van der Waals surface area contributed by atoms with Crippen molar-refractivity contribution in [2.24, 2.45) is 5.73 Å². The third kappa shape index (κ3) is 4.70. The molecule has 3 N–H and O–H groups in total. The van der Waals surface area contributed by atoms with Crippen molar-refractivity contribution in [3.8, 4) is 0 Å². The highest BCUT2D eigenvalue weighted by Gasteiger charge is 2.24. The fraction of sp³-hybridized carbons (Fsp3) is 0.545. The molecule has 1 aromatic rings. The van der Waals surface area contributed by atoms with E-state index < -0.39 is 17.6 Å². The van der Waals surface area contributed by atoms with Gasteiger partial charge in [-0.1, -0.05) is 0 Å². The predicted octanol–water partition coefficient (Wildman–Crippen LogP) is 0.848. The van der Waals surface area contributed by atoms with Crippen molar-refractivity contribution in [2.75, 3.05) is 7.05 Å². The van der Waals surface area contributed by atoms with Crippen LogP contribution in [0.5, 0.6) is 0 Å². The van der Waals surface area contributed by atoms with E-state index in [9.17, 15) is 9.59 Å². The molecular formula is C11H17N3O3S. The molecule has 0 aliphatic rings. The molecule has 0 bridgehead atoms. The molecule has 0 saturated heterocycles. The minimum Gasteiger partial charge on any atom is -0.443 e. The summed E-state index contributed by atoms with van der Waals surface area (Å²) in [6.45, 7) is 3.61. The third-order valence-electron chi connectivity index (χ3n) is 2.10. The van der Waals surface area contributed by atoms with Crippen molar-refractivity contribution in [1.29, 1.82) is 0 Å². The molecule has 0 atom stereocenters. The number of rotatable bonds is 5. The standard InChI is InChI=1S/C11H17N3O3S/c1-11(2,17-10(16)13-3)5-9-14-7(6-18-9)4-8(12)15/h6H,4-5H2,1-3H3,(H2,12,15)(H,13,16). The summed E-state index contributed by atoms with van der Waals surface area (Å²) >= 11 is 1.42. The molecule has 0 spiro atoms. The lowest BCUT2D eigenvalue weighted by molar-refractivity contribution is -0.117. The monoisotopic (exact) mass is 271 g/mol. The molecule has 0 saturated carbocycles. The Morgan fingerprint density at radius 2 is 2.22 bits per heavy atom. The number of ether oxygens (including phenoxy) is 1. The molecule has 0 radical (unpaired) electrons. The Balaban J connectivity index is 2.63. The zero-order valence-electron chi connectivity index (χ0n) is 10.6. The first-order chi connectivity index (χ1) is 8.32. The van der Waals surface area contributed by atoms with Crippen molar-refractivity contribution in [3.05, 3.63) is 16.1 Å². The van der Waals surface area contributed by atoms with E-state index in [4.69, 9.17) is 10.5 Å². The lowest BCUT2D eigenvalue weighted by Crippen LogP contribution is -2.34. The molecule has 1 aromatic heterocycles. The molecule has 1 heterocycles. The van der Waals surface area contributed by atoms with Gasteiger partial charge in [0.15, 0.2) is 0 Å². The SMILES string of the molecule is CNC(=O)OC(C)(C)Cc1nc(CC(N)=O)cs1. The molecule has 0 aliphatic heterocycles. The lowest BCUT2D eigenvalue weighted by atomic mass is 10.1. The summed E-state index contributed by atoms with van der Waals surface area (Å²) in [6, 6.07) is 0. The number of aromatic nitrogens is 1. The first-order valence-corrected chi connectivity index (χ1v) is 6.32. The van der Waals surface area contributed by atoms with Crippen LogP contribution in [0, 0.1) is 0 Å². The van der Waals surface area contributed by atoms with Crippen LogP contribution in [-0.4, -0.2) is 29.6 Å². The number of primary amides is 1. The maximum absolute atomic E-state index is 11.2. The van der Waals surface area contributed by atoms with Gasteiger partial charge in [-0.15, -0.1) is 11.3 Å². The minimum atomic E-state index is -0.651. The van der Waals surface area contributed by atoms with E-state index >= 15 is 0 Å². The first-order valence-electron chi connectivity index (χ1n) is 5.45. The summed E-state index contributed by atoms with van der Waals surface area (Å²) in [4.78, 5) is 26.2. The average molecular weight is 271 g/mol. The third-order valence-corrected chi connectivity index (χ3v) is 3.00. The van der Waals surface area contributed by atoms with Gasteiger partial charge in [0.2, 0.25) is 5.91 Å². The number of hydrogen-bond donors (Lipinski definition) is 2. The Morgan fingerprint density at radius 1 is 1.56 bits per heavy atom. The van der Waals surface area contributed by atoms with E-state index in [2.05, 4.69) is 10.3 Å². The Hall–Kier alpha value is -1.63. The van der Waals surface area contributed by atoms with Crippen LogP contribution in [0.3, 0.4) is 0 Å². The van der Waals surface area contributed by atoms with Crippen LogP contribution in [0.25, 0.3) is 0 Å². The lowest BCUT2D eigenvalue weighted by Gasteiger charge is -2.23. The number of amides is 2. The number of thiazole rings is 1. The fourth-order valence-corrected chi connectivity index (χ4v) is 2.40. The Kier molecular flexibility index (Phi) is 4.66. The zero-order chi connectivity index (χ0) is 13.8. The normalized spacial score (nSPS) is 11.1. The van der Waals surface area contributed by atoms with E-state index in [1.165, 1.54) is 18.4 Å². The topological polar surface area (TPSA) is 94.3 Å². The molecule has 0 aromatic carbocycles. The number of carbonyl (C=O) groups is 2. The Bertz CT molecular complexity index is 442. The van der Waals surface area contributed by atoms with Crippen molar-refractivity contribution in [1.82, 2.24) is 10.3 Å². The molecule has 0 unspecified atom stereocenters. The van der Waals surface area contributed by atoms with Crippen LogP contribution in [0.1, 0.15) is 24.5 Å². The number of alkyl carbamates (subject to hydrolysis) is 1. The van der Waals surface area contributed by atoms with Gasteiger partial charge in [0.1, 0.15) is 5.60 Å². The Morgan fingerprint density at radius 3 is 2.78 bits per heavy atom. The summed E-state index contributed by atoms with van der Waals surface area (Å²) in [5, 5.41) is 4.99. The summed E-state index contributed by atoms with van der Waals surface area (Å²) in [5.74, 6) is -0.410. The van der Waals surface area contributed by atoms with E-state index in [1.807, 2.05) is 0 Å². The number of nitrogens with zero attached hydrogens (tertiary/aromatic N) is 1. The van der Waals surface area contributed by atoms with Gasteiger partial charge in [0.05, 0.1) is 17.1 Å². The molecule has 18 heavy (non-hydrogen) atoms. The largest absolute Gasteiger partial charge is 0.443 e. The maximum Gasteiger partial charge on any atom is 0.407 e. The van der Waals surface area contributed by atoms with E-state index in [1.54, 1.807) is 19.2 Å². The second-order valence-electron chi connectivity index (χ2n) is 4.45. The van der Waals surface area contributed by atoms with Crippen LogP contribution in [0.4, 0.5) is 4.79 Å². The number of hydrogen-bond acceptors (Lipinski definition) is 5. The minimum absolute atomic E-state index is 0.132. The van der Waals surface area contributed by atoms with Gasteiger partial charge in [-0.25, -0.2) is 9.78 Å². The van der Waals surface area contributed by atoms with Crippen molar-refractivity contribution in [3.63, 3.8) is 0 Å². The summed E-state index contributed by atoms with van der Waals surface area (Å²) in [5.41, 5.74) is 5.09. The molecule has 100 valence electrons. The van der Waals surface area contributed by atoms with Gasteiger partial charge < -0.3 is 15.8 Å². The molecule has 1 rings (SSSR count). The summed E-state index contributed by atoms with van der Waals surface area (Å²) in [7, 11) is 1.51. The second-order valence-corrected chi connectivity index (χ2v) is 5.39. The number of nitrogens with one attached hydrogen (secondary N) is 1. The van der Waals surface area contributed by atoms with E-state index in [0.717, 1.165) is 5.01 Å². The van der Waals surface area contributed by atoms with Crippen LogP contribution >= 0.6 is 11.3 Å². The van der Waals surface area contributed by atoms with E-state index in [0.29, 0.717) is 12.1 Å². The highest BCUT2D eigenvalue weighted by atomic mass is 32.1. The van der Waals surface area contributed by atoms with Crippen LogP contribution < -0.4 is 11.1 Å². The van der Waals surface area contributed by atoms with Crippen LogP contribution in [0.2, 0.25) is 0 Å². The smallest absolute Gasteiger partial charge is 0.407 e. The molecule has 0 aliphatic carbocycles. The second kappa shape index (κ2) is 5.81. The summed E-state index contributed by atoms with van der Waals surface area (Å²) in [6.07, 6.45) is 0.144. The van der Waals surface area contributed by atoms with Gasteiger partial charge in [-0.3, -0.25) is 4.79 Å². The molecule has 2 amide bonds. The van der Waals surface area contributed by atoms with Gasteiger partial charge >= 0.3 is 6.09 Å². The highest BCUT2D eigenvalue weighted by Crippen LogP contribution is 2.20. The number of carbonyl (C=O) groups excluding carboxylic acids is 2. The van der Waals surface area contributed by atoms with Crippen molar-refractivity contribution in [2.45, 2.75) is 32.3 Å². The summed E-state index contributed by atoms with van der Waals surface area (Å²) < 4.78 is 5.21. The van der Waals surface area contributed by atoms with Gasteiger partial charge in [0, 0.05) is 18.8 Å². The van der Waals surface area contributed by atoms with Crippen LogP contribution in [-0.2, 0) is 22.4 Å². The number of nitrogens with two attached hydrogens (primary N) is 1. The molecule has 0 fully saturated rings. The quantitative estimate of drug-likeness (QED) is 0.830. The Labute approximate surface area is 110 Å². The maximum atomic E-state index is 11.2. The van der Waals surface area contributed by atoms with Crippen LogP contribution in [0.15, 0.2) is 5.38 Å². The first kappa shape index (κ1) is 14.4. The van der Waals surface area contributed by atoms with Gasteiger partial charge in [0.25, 0.3) is 0 Å². The zero-order valence-corrected chi connectivity index (χ0v) is 11.5. The fourth-order valence-electron chi connectivity index (χ4n) is 1.39. The van der Waals surface area contributed by atoms with Crippen molar-refractivity contribution < 1.29 is 14.3 Å². The van der Waals surface area contributed by atoms with Gasteiger partial charge in [-0.05, 0) is 13.8 Å². The molecular weight excluding hydrogens is 254 g/mol. The van der Waals surface area contributed by atoms with Crippen molar-refractivity contribution >= 4 is 23.3 Å².